The molecule has 9 nitrogen and oxygen atoms in total. The van der Waals surface area contributed by atoms with Gasteiger partial charge in [0.15, 0.2) is 11.6 Å². The Hall–Kier alpha value is -3.11. The van der Waals surface area contributed by atoms with Crippen LogP contribution in [0, 0.1) is 11.7 Å². The Labute approximate surface area is 199 Å². The number of pyridine rings is 1. The number of aromatic nitrogens is 1. The third-order valence-electron chi connectivity index (χ3n) is 6.91. The van der Waals surface area contributed by atoms with Crippen molar-refractivity contribution in [3.63, 3.8) is 0 Å². The fourth-order valence-electron chi connectivity index (χ4n) is 5.22. The predicted octanol–water partition coefficient (Wildman–Crippen LogP) is 2.35. The summed E-state index contributed by atoms with van der Waals surface area (Å²) in [5, 5.41) is 11.8. The van der Waals surface area contributed by atoms with Crippen molar-refractivity contribution in [2.45, 2.75) is 44.1 Å². The first kappa shape index (κ1) is 22.7. The van der Waals surface area contributed by atoms with E-state index in [1.54, 1.807) is 19.2 Å². The Morgan fingerprint density at radius 3 is 2.71 bits per heavy atom. The first-order chi connectivity index (χ1) is 16.5. The quantitative estimate of drug-likeness (QED) is 0.512. The van der Waals surface area contributed by atoms with E-state index in [2.05, 4.69) is 37.3 Å². The van der Waals surface area contributed by atoms with Crippen LogP contribution in [0.1, 0.15) is 25.7 Å². The second kappa shape index (κ2) is 9.63. The van der Waals surface area contributed by atoms with Crippen LogP contribution >= 0.6 is 0 Å². The molecule has 0 spiro atoms. The van der Waals surface area contributed by atoms with Crippen LogP contribution in [-0.2, 0) is 4.79 Å². The van der Waals surface area contributed by atoms with Crippen LogP contribution in [0.3, 0.4) is 0 Å². The summed E-state index contributed by atoms with van der Waals surface area (Å²) in [7, 11) is 3.15. The molecule has 4 unspecified atom stereocenters. The van der Waals surface area contributed by atoms with Gasteiger partial charge in [0.1, 0.15) is 5.82 Å². The van der Waals surface area contributed by atoms with Gasteiger partial charge in [0.2, 0.25) is 5.91 Å². The Bertz CT molecular complexity index is 1010. The number of rotatable bonds is 6. The first-order valence-corrected chi connectivity index (χ1v) is 11.9. The van der Waals surface area contributed by atoms with Crippen LogP contribution in [0.25, 0.3) is 0 Å². The highest BCUT2D eigenvalue weighted by Crippen LogP contribution is 2.33. The first-order valence-electron chi connectivity index (χ1n) is 11.9. The highest BCUT2D eigenvalue weighted by molar-refractivity contribution is 5.82. The Balaban J connectivity index is 1.32. The average molecular weight is 470 g/mol. The van der Waals surface area contributed by atoms with Gasteiger partial charge in [-0.1, -0.05) is 6.07 Å². The van der Waals surface area contributed by atoms with Gasteiger partial charge in [-0.05, 0) is 43.5 Å². The number of halogens is 1. The molecular weight excluding hydrogens is 437 g/mol. The summed E-state index contributed by atoms with van der Waals surface area (Å²) in [6.07, 6.45) is 5.81. The van der Waals surface area contributed by atoms with Crippen molar-refractivity contribution in [3.05, 3.63) is 42.3 Å². The molecule has 34 heavy (non-hydrogen) atoms. The highest BCUT2D eigenvalue weighted by Gasteiger charge is 2.48. The summed E-state index contributed by atoms with van der Waals surface area (Å²) >= 11 is 0. The Morgan fingerprint density at radius 2 is 1.97 bits per heavy atom. The van der Waals surface area contributed by atoms with E-state index in [0.29, 0.717) is 12.1 Å². The molecular formula is C24H32FN7O2. The fourth-order valence-corrected chi connectivity index (χ4v) is 5.22. The van der Waals surface area contributed by atoms with E-state index in [1.807, 2.05) is 12.3 Å². The second-order valence-electron chi connectivity index (χ2n) is 9.15. The van der Waals surface area contributed by atoms with Gasteiger partial charge in [0.25, 0.3) is 0 Å². The zero-order valence-corrected chi connectivity index (χ0v) is 19.6. The number of nitrogens with one attached hydrogen (secondary N) is 4. The molecule has 3 aliphatic rings. The zero-order valence-electron chi connectivity index (χ0n) is 19.6. The molecule has 0 radical (unpaired) electrons. The molecule has 1 aromatic carbocycles. The standard InChI is InChI=1S/C24H32FN7O2/c1-31-24(33)21-18(27-17-8-6-7-16(25)22(17)34-2)13-20(29-23(21)30-31)28-19-10-9-15(14-26-19)32-11-4-3-5-12-32/h6-10,14,18,20-21,23,27,29-30H,3-5,11-13H2,1-2H3,(H,26,28). The molecule has 2 aromatic rings. The van der Waals surface area contributed by atoms with Gasteiger partial charge in [-0.15, -0.1) is 0 Å². The van der Waals surface area contributed by atoms with Gasteiger partial charge in [-0.3, -0.25) is 15.1 Å². The molecule has 1 amide bonds. The van der Waals surface area contributed by atoms with Gasteiger partial charge in [0, 0.05) is 32.6 Å². The highest BCUT2D eigenvalue weighted by atomic mass is 19.1. The normalized spacial score (nSPS) is 26.9. The SMILES string of the molecule is COc1c(F)cccc1NC1CC(Nc2ccc(N3CCCCC3)cn2)NC2NN(C)C(=O)C12. The zero-order chi connectivity index (χ0) is 23.7. The van der Waals surface area contributed by atoms with Crippen LogP contribution < -0.4 is 31.0 Å². The molecule has 0 aliphatic carbocycles. The molecule has 3 saturated heterocycles. The average Bonchev–Trinajstić information content (AvgIpc) is 3.13. The van der Waals surface area contributed by atoms with E-state index in [0.717, 1.165) is 24.6 Å². The number of fused-ring (bicyclic) bond motifs is 1. The van der Waals surface area contributed by atoms with Gasteiger partial charge in [-0.2, -0.15) is 0 Å². The lowest BCUT2D eigenvalue weighted by molar-refractivity contribution is -0.131. The summed E-state index contributed by atoms with van der Waals surface area (Å²) in [5.74, 6) is 0.0808. The molecule has 182 valence electrons. The monoisotopic (exact) mass is 469 g/mol. The Morgan fingerprint density at radius 1 is 1.15 bits per heavy atom. The lowest BCUT2D eigenvalue weighted by atomic mass is 9.88. The summed E-state index contributed by atoms with van der Waals surface area (Å²) in [4.78, 5) is 19.9. The maximum atomic E-state index is 14.3. The number of ether oxygens (including phenoxy) is 1. The van der Waals surface area contributed by atoms with Crippen molar-refractivity contribution in [3.8, 4) is 5.75 Å². The van der Waals surface area contributed by atoms with E-state index >= 15 is 0 Å². The number of anilines is 3. The van der Waals surface area contributed by atoms with E-state index in [1.165, 1.54) is 37.4 Å². The summed E-state index contributed by atoms with van der Waals surface area (Å²) < 4.78 is 19.5. The molecule has 4 N–H and O–H groups in total. The summed E-state index contributed by atoms with van der Waals surface area (Å²) in [5.41, 5.74) is 4.86. The van der Waals surface area contributed by atoms with Crippen LogP contribution in [0.5, 0.6) is 5.75 Å². The Kier molecular flexibility index (Phi) is 6.42. The number of hydrogen-bond acceptors (Lipinski definition) is 8. The van der Waals surface area contributed by atoms with Gasteiger partial charge in [0.05, 0.1) is 42.9 Å². The number of amides is 1. The van der Waals surface area contributed by atoms with E-state index < -0.39 is 5.82 Å². The van der Waals surface area contributed by atoms with Crippen molar-refractivity contribution in [1.82, 2.24) is 20.7 Å². The predicted molar refractivity (Wildman–Crippen MR) is 129 cm³/mol. The number of carbonyl (C=O) groups excluding carboxylic acids is 1. The number of nitrogens with zero attached hydrogens (tertiary/aromatic N) is 3. The number of para-hydroxylation sites is 1. The maximum Gasteiger partial charge on any atom is 0.244 e. The van der Waals surface area contributed by atoms with E-state index in [-0.39, 0.29) is 35.9 Å². The van der Waals surface area contributed by atoms with Crippen molar-refractivity contribution in [2.24, 2.45) is 5.92 Å². The van der Waals surface area contributed by atoms with Crippen LogP contribution in [0.2, 0.25) is 0 Å². The van der Waals surface area contributed by atoms with Crippen LogP contribution in [0.4, 0.5) is 21.6 Å². The minimum absolute atomic E-state index is 0.0205. The van der Waals surface area contributed by atoms with Crippen LogP contribution in [0.15, 0.2) is 36.5 Å². The number of methoxy groups -OCH3 is 1. The fraction of sp³-hybridized carbons (Fsp3) is 0.500. The van der Waals surface area contributed by atoms with E-state index in [4.69, 9.17) is 4.74 Å². The van der Waals surface area contributed by atoms with Crippen LogP contribution in [-0.4, -0.2) is 61.5 Å². The number of hydrogen-bond donors (Lipinski definition) is 4. The van der Waals surface area contributed by atoms with Crippen molar-refractivity contribution >= 4 is 23.1 Å². The van der Waals surface area contributed by atoms with Crippen molar-refractivity contribution in [1.29, 1.82) is 0 Å². The summed E-state index contributed by atoms with van der Waals surface area (Å²) in [6, 6.07) is 8.59. The number of carbonyl (C=O) groups is 1. The molecule has 3 fully saturated rings. The van der Waals surface area contributed by atoms with E-state index in [9.17, 15) is 9.18 Å². The lowest BCUT2D eigenvalue weighted by Crippen LogP contribution is -2.60. The van der Waals surface area contributed by atoms with Gasteiger partial charge >= 0.3 is 0 Å². The van der Waals surface area contributed by atoms with Crippen molar-refractivity contribution < 1.29 is 13.9 Å². The molecule has 4 atom stereocenters. The number of piperidine rings is 2. The minimum Gasteiger partial charge on any atom is -0.492 e. The second-order valence-corrected chi connectivity index (χ2v) is 9.15. The third kappa shape index (κ3) is 4.47. The van der Waals surface area contributed by atoms with Gasteiger partial charge in [-0.25, -0.2) is 14.8 Å². The summed E-state index contributed by atoms with van der Waals surface area (Å²) in [6.45, 7) is 2.15. The van der Waals surface area contributed by atoms with Crippen molar-refractivity contribution in [2.75, 3.05) is 42.8 Å². The largest absolute Gasteiger partial charge is 0.492 e. The molecule has 0 bridgehead atoms. The molecule has 3 aliphatic heterocycles. The van der Waals surface area contributed by atoms with Gasteiger partial charge < -0.3 is 20.3 Å². The number of hydrazine groups is 1. The molecule has 4 heterocycles. The topological polar surface area (TPSA) is 93.8 Å². The molecule has 1 aromatic heterocycles. The maximum absolute atomic E-state index is 14.3. The molecule has 5 rings (SSSR count). The lowest BCUT2D eigenvalue weighted by Gasteiger charge is -2.39. The molecule has 10 heteroatoms. The minimum atomic E-state index is -0.446. The molecule has 0 saturated carbocycles. The number of benzene rings is 1. The smallest absolute Gasteiger partial charge is 0.244 e. The third-order valence-corrected chi connectivity index (χ3v) is 6.91.